The fraction of sp³-hybridized carbons (Fsp3) is 0.571. The van der Waals surface area contributed by atoms with Crippen molar-refractivity contribution in [1.82, 2.24) is 5.32 Å². The van der Waals surface area contributed by atoms with Crippen molar-refractivity contribution in [3.63, 3.8) is 0 Å². The molecular formula is C7H13N3O4. The number of hydrogen-bond acceptors (Lipinski definition) is 5. The Morgan fingerprint density at radius 3 is 2.43 bits per heavy atom. The second-order valence-electron chi connectivity index (χ2n) is 2.62. The molecule has 0 rings (SSSR count). The zero-order valence-electron chi connectivity index (χ0n) is 7.78. The molecule has 0 radical (unpaired) electrons. The average Bonchev–Trinajstić information content (AvgIpc) is 2.01. The van der Waals surface area contributed by atoms with Gasteiger partial charge in [-0.1, -0.05) is 0 Å². The second-order valence-corrected chi connectivity index (χ2v) is 2.62. The summed E-state index contributed by atoms with van der Waals surface area (Å²) in [6.07, 6.45) is -0.279. The normalized spacial score (nSPS) is 11.6. The monoisotopic (exact) mass is 203 g/mol. The molecule has 80 valence electrons. The van der Waals surface area contributed by atoms with E-state index in [2.05, 4.69) is 10.1 Å². The number of primary amides is 1. The third kappa shape index (κ3) is 5.95. The van der Waals surface area contributed by atoms with Gasteiger partial charge >= 0.3 is 5.97 Å². The van der Waals surface area contributed by atoms with E-state index < -0.39 is 17.9 Å². The van der Waals surface area contributed by atoms with Crippen LogP contribution >= 0.6 is 0 Å². The maximum Gasteiger partial charge on any atom is 0.325 e. The van der Waals surface area contributed by atoms with Crippen LogP contribution in [0.4, 0.5) is 0 Å². The van der Waals surface area contributed by atoms with Crippen LogP contribution in [-0.2, 0) is 19.1 Å². The Morgan fingerprint density at radius 2 is 2.00 bits per heavy atom. The highest BCUT2D eigenvalue weighted by Crippen LogP contribution is 1.90. The minimum atomic E-state index is -1.08. The van der Waals surface area contributed by atoms with Gasteiger partial charge in [0.1, 0.15) is 6.04 Å². The second kappa shape index (κ2) is 5.92. The molecule has 0 aromatic rings. The summed E-state index contributed by atoms with van der Waals surface area (Å²) >= 11 is 0. The molecule has 0 bridgehead atoms. The molecule has 14 heavy (non-hydrogen) atoms. The van der Waals surface area contributed by atoms with E-state index in [1.165, 1.54) is 6.92 Å². The molecule has 0 saturated heterocycles. The number of nitrogens with one attached hydrogen (secondary N) is 1. The van der Waals surface area contributed by atoms with Crippen LogP contribution in [0.2, 0.25) is 0 Å². The van der Waals surface area contributed by atoms with Crippen molar-refractivity contribution in [2.75, 3.05) is 6.73 Å². The van der Waals surface area contributed by atoms with Crippen molar-refractivity contribution in [2.45, 2.75) is 19.4 Å². The summed E-state index contributed by atoms with van der Waals surface area (Å²) < 4.78 is 4.51. The third-order valence-electron chi connectivity index (χ3n) is 1.26. The van der Waals surface area contributed by atoms with Gasteiger partial charge in [-0.05, 0) is 0 Å². The number of hydrogen-bond donors (Lipinski definition) is 3. The zero-order chi connectivity index (χ0) is 11.1. The number of amides is 2. The van der Waals surface area contributed by atoms with Gasteiger partial charge in [-0.15, -0.1) is 0 Å². The fourth-order valence-corrected chi connectivity index (χ4v) is 0.616. The number of carbonyl (C=O) groups is 3. The maximum atomic E-state index is 11.0. The quantitative estimate of drug-likeness (QED) is 0.346. The Hall–Kier alpha value is -1.63. The van der Waals surface area contributed by atoms with E-state index >= 15 is 0 Å². The first-order chi connectivity index (χ1) is 6.43. The molecule has 0 aromatic carbocycles. The first kappa shape index (κ1) is 12.4. The van der Waals surface area contributed by atoms with Gasteiger partial charge in [0.2, 0.25) is 11.8 Å². The fourth-order valence-electron chi connectivity index (χ4n) is 0.616. The molecule has 1 atom stereocenters. The molecule has 0 spiro atoms. The number of ether oxygens (including phenoxy) is 1. The van der Waals surface area contributed by atoms with Gasteiger partial charge in [0.25, 0.3) is 0 Å². The third-order valence-corrected chi connectivity index (χ3v) is 1.26. The molecule has 0 aliphatic rings. The van der Waals surface area contributed by atoms with E-state index in [1.54, 1.807) is 0 Å². The number of carbonyl (C=O) groups excluding carboxylic acids is 3. The van der Waals surface area contributed by atoms with E-state index in [-0.39, 0.29) is 19.1 Å². The molecule has 7 heteroatoms. The summed E-state index contributed by atoms with van der Waals surface area (Å²) in [7, 11) is 0. The van der Waals surface area contributed by atoms with Gasteiger partial charge in [0, 0.05) is 6.92 Å². The average molecular weight is 203 g/mol. The van der Waals surface area contributed by atoms with E-state index in [1.807, 2.05) is 0 Å². The molecule has 0 saturated carbocycles. The largest absolute Gasteiger partial charge is 0.443 e. The van der Waals surface area contributed by atoms with Crippen LogP contribution < -0.4 is 16.8 Å². The van der Waals surface area contributed by atoms with Crippen LogP contribution in [0.1, 0.15) is 13.3 Å². The van der Waals surface area contributed by atoms with Crippen molar-refractivity contribution in [3.8, 4) is 0 Å². The van der Waals surface area contributed by atoms with Gasteiger partial charge in [0.15, 0.2) is 6.73 Å². The number of rotatable bonds is 5. The minimum absolute atomic E-state index is 0.263. The van der Waals surface area contributed by atoms with Crippen LogP contribution in [0.15, 0.2) is 0 Å². The standard InChI is InChI=1S/C7H13N3O4/c1-4(11)10-3-14-7(13)5(8)2-6(9)12/h5H,2-3,8H2,1H3,(H2,9,12)(H,10,11)/t5-/m0/s1. The Bertz CT molecular complexity index is 241. The summed E-state index contributed by atoms with van der Waals surface area (Å²) in [6.45, 7) is 1.01. The van der Waals surface area contributed by atoms with E-state index in [0.717, 1.165) is 0 Å². The Labute approximate surface area is 80.8 Å². The summed E-state index contributed by atoms with van der Waals surface area (Å²) in [5, 5.41) is 2.23. The molecule has 7 nitrogen and oxygen atoms in total. The lowest BCUT2D eigenvalue weighted by Gasteiger charge is -2.09. The molecule has 0 fully saturated rings. The SMILES string of the molecule is CC(=O)NCOC(=O)[C@@H](N)CC(N)=O. The Balaban J connectivity index is 3.73. The lowest BCUT2D eigenvalue weighted by molar-refractivity contribution is -0.147. The first-order valence-corrected chi connectivity index (χ1v) is 3.88. The summed E-state index contributed by atoms with van der Waals surface area (Å²) in [5.41, 5.74) is 10.1. The molecule has 2 amide bonds. The van der Waals surface area contributed by atoms with Crippen molar-refractivity contribution < 1.29 is 19.1 Å². The van der Waals surface area contributed by atoms with E-state index in [0.29, 0.717) is 0 Å². The van der Waals surface area contributed by atoms with Gasteiger partial charge in [-0.25, -0.2) is 0 Å². The lowest BCUT2D eigenvalue weighted by atomic mass is 10.2. The van der Waals surface area contributed by atoms with Crippen LogP contribution in [-0.4, -0.2) is 30.6 Å². The highest BCUT2D eigenvalue weighted by atomic mass is 16.5. The van der Waals surface area contributed by atoms with Crippen LogP contribution in [0.25, 0.3) is 0 Å². The van der Waals surface area contributed by atoms with Gasteiger partial charge in [0.05, 0.1) is 6.42 Å². The van der Waals surface area contributed by atoms with Crippen molar-refractivity contribution in [2.24, 2.45) is 11.5 Å². The lowest BCUT2D eigenvalue weighted by Crippen LogP contribution is -2.38. The van der Waals surface area contributed by atoms with Crippen LogP contribution in [0.3, 0.4) is 0 Å². The summed E-state index contributed by atoms with van der Waals surface area (Å²) in [4.78, 5) is 31.7. The van der Waals surface area contributed by atoms with Crippen molar-refractivity contribution >= 4 is 17.8 Å². The first-order valence-electron chi connectivity index (χ1n) is 3.88. The van der Waals surface area contributed by atoms with E-state index in [4.69, 9.17) is 11.5 Å². The Morgan fingerprint density at radius 1 is 1.43 bits per heavy atom. The van der Waals surface area contributed by atoms with Crippen molar-refractivity contribution in [3.05, 3.63) is 0 Å². The molecule has 0 aliphatic heterocycles. The van der Waals surface area contributed by atoms with Gasteiger partial charge < -0.3 is 21.5 Å². The summed E-state index contributed by atoms with van der Waals surface area (Å²) in [6, 6.07) is -1.08. The van der Waals surface area contributed by atoms with Crippen molar-refractivity contribution in [1.29, 1.82) is 0 Å². The molecular weight excluding hydrogens is 190 g/mol. The molecule has 0 aliphatic carbocycles. The molecule has 0 heterocycles. The smallest absolute Gasteiger partial charge is 0.325 e. The minimum Gasteiger partial charge on any atom is -0.443 e. The Kier molecular flexibility index (Phi) is 5.23. The van der Waals surface area contributed by atoms with Gasteiger partial charge in [-0.3, -0.25) is 14.4 Å². The topological polar surface area (TPSA) is 125 Å². The van der Waals surface area contributed by atoms with E-state index in [9.17, 15) is 14.4 Å². The predicted octanol–water partition coefficient (Wildman–Crippen LogP) is -2.17. The molecule has 5 N–H and O–H groups in total. The summed E-state index contributed by atoms with van der Waals surface area (Å²) in [5.74, 6) is -1.80. The number of esters is 1. The van der Waals surface area contributed by atoms with Gasteiger partial charge in [-0.2, -0.15) is 0 Å². The molecule has 0 unspecified atom stereocenters. The molecule has 0 aromatic heterocycles. The zero-order valence-corrected chi connectivity index (χ0v) is 7.78. The maximum absolute atomic E-state index is 11.0. The number of nitrogens with two attached hydrogens (primary N) is 2. The van der Waals surface area contributed by atoms with Crippen LogP contribution in [0, 0.1) is 0 Å². The highest BCUT2D eigenvalue weighted by molar-refractivity contribution is 5.84. The predicted molar refractivity (Wildman–Crippen MR) is 46.6 cm³/mol. The van der Waals surface area contributed by atoms with Crippen LogP contribution in [0.5, 0.6) is 0 Å². The highest BCUT2D eigenvalue weighted by Gasteiger charge is 2.17.